The van der Waals surface area contributed by atoms with E-state index in [1.807, 2.05) is 38.1 Å². The topological polar surface area (TPSA) is 71.5 Å². The number of anilines is 1. The van der Waals surface area contributed by atoms with Gasteiger partial charge in [0.15, 0.2) is 0 Å². The van der Waals surface area contributed by atoms with E-state index in [1.165, 1.54) is 23.3 Å². The second-order valence-electron chi connectivity index (χ2n) is 8.26. The van der Waals surface area contributed by atoms with E-state index in [9.17, 15) is 9.59 Å². The fraction of sp³-hybridized carbons (Fsp3) is 0.269. The summed E-state index contributed by atoms with van der Waals surface area (Å²) >= 11 is 2.97. The van der Waals surface area contributed by atoms with E-state index in [2.05, 4.69) is 41.7 Å². The van der Waals surface area contributed by atoms with Crippen LogP contribution in [0.5, 0.6) is 0 Å². The average Bonchev–Trinajstić information content (AvgIpc) is 3.48. The molecule has 1 aromatic carbocycles. The molecule has 3 heterocycles. The summed E-state index contributed by atoms with van der Waals surface area (Å²) in [5.41, 5.74) is 3.84. The van der Waals surface area contributed by atoms with Crippen LogP contribution in [0.1, 0.15) is 54.7 Å². The number of esters is 1. The Morgan fingerprint density at radius 3 is 2.65 bits per heavy atom. The van der Waals surface area contributed by atoms with Crippen molar-refractivity contribution in [3.05, 3.63) is 80.0 Å². The highest BCUT2D eigenvalue weighted by molar-refractivity contribution is 7.21. The number of nitrogens with zero attached hydrogens (tertiary/aromatic N) is 2. The standard InChI is InChI=1S/C26H27N3O3S2/c1-15-8-6-9-19(16(15)2)24(30)28-22-20-12-11-18(27-25(20)34-23(22)26(31)32-5)14-29(4)17(3)21-10-7-13-33-21/h6-13,17H,14H2,1-5H3,(H,28,30)/t17-/m0/s1. The third-order valence-electron chi connectivity index (χ3n) is 6.10. The van der Waals surface area contributed by atoms with Gasteiger partial charge in [-0.05, 0) is 68.6 Å². The number of aromatic nitrogens is 1. The summed E-state index contributed by atoms with van der Waals surface area (Å²) in [4.78, 5) is 35.0. The number of benzene rings is 1. The smallest absolute Gasteiger partial charge is 0.350 e. The Balaban J connectivity index is 1.65. The summed E-state index contributed by atoms with van der Waals surface area (Å²) in [6.45, 7) is 6.71. The maximum absolute atomic E-state index is 13.1. The van der Waals surface area contributed by atoms with Crippen LogP contribution in [-0.2, 0) is 11.3 Å². The minimum atomic E-state index is -0.496. The number of ether oxygens (including phenoxy) is 1. The summed E-state index contributed by atoms with van der Waals surface area (Å²) < 4.78 is 4.99. The zero-order valence-corrected chi connectivity index (χ0v) is 21.5. The van der Waals surface area contributed by atoms with Crippen LogP contribution >= 0.6 is 22.7 Å². The van der Waals surface area contributed by atoms with Gasteiger partial charge in [0.1, 0.15) is 9.71 Å². The number of amides is 1. The predicted octanol–water partition coefficient (Wildman–Crippen LogP) is 6.21. The molecule has 3 aromatic heterocycles. The maximum atomic E-state index is 13.1. The van der Waals surface area contributed by atoms with Gasteiger partial charge >= 0.3 is 5.97 Å². The van der Waals surface area contributed by atoms with Gasteiger partial charge in [-0.2, -0.15) is 0 Å². The van der Waals surface area contributed by atoms with Crippen molar-refractivity contribution in [1.29, 1.82) is 0 Å². The monoisotopic (exact) mass is 493 g/mol. The number of carbonyl (C=O) groups excluding carboxylic acids is 2. The number of carbonyl (C=O) groups is 2. The van der Waals surface area contributed by atoms with Gasteiger partial charge in [0, 0.05) is 28.4 Å². The molecule has 0 unspecified atom stereocenters. The van der Waals surface area contributed by atoms with E-state index in [0.717, 1.165) is 22.2 Å². The number of rotatable bonds is 7. The molecule has 0 radical (unpaired) electrons. The number of methoxy groups -OCH3 is 1. The molecule has 1 amide bonds. The lowest BCUT2D eigenvalue weighted by Crippen LogP contribution is -2.21. The second-order valence-corrected chi connectivity index (χ2v) is 10.2. The molecule has 1 N–H and O–H groups in total. The first-order valence-corrected chi connectivity index (χ1v) is 12.6. The fourth-order valence-electron chi connectivity index (χ4n) is 3.78. The molecule has 0 aliphatic rings. The molecule has 4 aromatic rings. The SMILES string of the molecule is COC(=O)c1sc2nc(CN(C)[C@@H](C)c3cccs3)ccc2c1NC(=O)c1cccc(C)c1C. The van der Waals surface area contributed by atoms with Crippen molar-refractivity contribution in [3.63, 3.8) is 0 Å². The first kappa shape index (κ1) is 24.1. The molecule has 1 atom stereocenters. The van der Waals surface area contributed by atoms with Crippen molar-refractivity contribution in [3.8, 4) is 0 Å². The Bertz CT molecular complexity index is 1350. The summed E-state index contributed by atoms with van der Waals surface area (Å²) in [6.07, 6.45) is 0. The second kappa shape index (κ2) is 10.0. The number of nitrogens with one attached hydrogen (secondary N) is 1. The summed E-state index contributed by atoms with van der Waals surface area (Å²) in [7, 11) is 3.41. The molecule has 8 heteroatoms. The van der Waals surface area contributed by atoms with Gasteiger partial charge in [-0.15, -0.1) is 22.7 Å². The zero-order valence-electron chi connectivity index (χ0n) is 19.8. The molecule has 0 bridgehead atoms. The Morgan fingerprint density at radius 1 is 1.15 bits per heavy atom. The highest BCUT2D eigenvalue weighted by Crippen LogP contribution is 2.36. The number of aryl methyl sites for hydroxylation is 1. The van der Waals surface area contributed by atoms with Crippen molar-refractivity contribution in [2.75, 3.05) is 19.5 Å². The van der Waals surface area contributed by atoms with E-state index in [4.69, 9.17) is 9.72 Å². The molecule has 0 spiro atoms. The number of fused-ring (bicyclic) bond motifs is 1. The minimum absolute atomic E-state index is 0.263. The van der Waals surface area contributed by atoms with Gasteiger partial charge in [-0.3, -0.25) is 9.69 Å². The van der Waals surface area contributed by atoms with E-state index in [-0.39, 0.29) is 11.9 Å². The third-order valence-corrected chi connectivity index (χ3v) is 8.22. The zero-order chi connectivity index (χ0) is 24.4. The van der Waals surface area contributed by atoms with Crippen LogP contribution in [0.25, 0.3) is 10.2 Å². The largest absolute Gasteiger partial charge is 0.465 e. The Hall–Kier alpha value is -3.07. The highest BCUT2D eigenvalue weighted by atomic mass is 32.1. The van der Waals surface area contributed by atoms with Gasteiger partial charge in [0.2, 0.25) is 0 Å². The third kappa shape index (κ3) is 4.75. The van der Waals surface area contributed by atoms with E-state index < -0.39 is 5.97 Å². The van der Waals surface area contributed by atoms with E-state index in [0.29, 0.717) is 27.5 Å². The Kier molecular flexibility index (Phi) is 7.11. The molecular formula is C26H27N3O3S2. The van der Waals surface area contributed by atoms with Gasteiger partial charge < -0.3 is 10.1 Å². The van der Waals surface area contributed by atoms with Gasteiger partial charge in [0.05, 0.1) is 18.5 Å². The van der Waals surface area contributed by atoms with Gasteiger partial charge in [-0.1, -0.05) is 18.2 Å². The molecular weight excluding hydrogens is 466 g/mol. The predicted molar refractivity (Wildman–Crippen MR) is 139 cm³/mol. The molecule has 0 saturated carbocycles. The summed E-state index contributed by atoms with van der Waals surface area (Å²) in [5.74, 6) is -0.760. The molecule has 176 valence electrons. The van der Waals surface area contributed by atoms with E-state index >= 15 is 0 Å². The van der Waals surface area contributed by atoms with Gasteiger partial charge in [-0.25, -0.2) is 9.78 Å². The van der Waals surface area contributed by atoms with Crippen molar-refractivity contribution in [2.45, 2.75) is 33.4 Å². The van der Waals surface area contributed by atoms with Crippen molar-refractivity contribution < 1.29 is 14.3 Å². The molecule has 0 aliphatic heterocycles. The maximum Gasteiger partial charge on any atom is 0.350 e. The van der Waals surface area contributed by atoms with Crippen molar-refractivity contribution in [1.82, 2.24) is 9.88 Å². The molecule has 0 aliphatic carbocycles. The molecule has 34 heavy (non-hydrogen) atoms. The lowest BCUT2D eigenvalue weighted by molar-refractivity contribution is 0.0607. The van der Waals surface area contributed by atoms with Gasteiger partial charge in [0.25, 0.3) is 5.91 Å². The van der Waals surface area contributed by atoms with Crippen LogP contribution < -0.4 is 5.32 Å². The molecule has 0 saturated heterocycles. The minimum Gasteiger partial charge on any atom is -0.465 e. The Labute approximate surface area is 207 Å². The van der Waals surface area contributed by atoms with Crippen LogP contribution in [0, 0.1) is 13.8 Å². The number of hydrogen-bond donors (Lipinski definition) is 1. The lowest BCUT2D eigenvalue weighted by atomic mass is 10.0. The molecule has 4 rings (SSSR count). The van der Waals surface area contributed by atoms with Crippen LogP contribution in [0.2, 0.25) is 0 Å². The Morgan fingerprint density at radius 2 is 1.94 bits per heavy atom. The average molecular weight is 494 g/mol. The first-order valence-electron chi connectivity index (χ1n) is 10.9. The van der Waals surface area contributed by atoms with Crippen molar-refractivity contribution >= 4 is 50.5 Å². The molecule has 6 nitrogen and oxygen atoms in total. The van der Waals surface area contributed by atoms with Crippen molar-refractivity contribution in [2.24, 2.45) is 0 Å². The normalized spacial score (nSPS) is 12.2. The quantitative estimate of drug-likeness (QED) is 0.310. The van der Waals surface area contributed by atoms with Crippen LogP contribution in [0.4, 0.5) is 5.69 Å². The summed E-state index contributed by atoms with van der Waals surface area (Å²) in [6, 6.07) is 13.9. The molecule has 0 fully saturated rings. The lowest BCUT2D eigenvalue weighted by Gasteiger charge is -2.23. The first-order chi connectivity index (χ1) is 16.3. The fourth-order valence-corrected chi connectivity index (χ4v) is 5.70. The number of thiophene rings is 2. The van der Waals surface area contributed by atoms with Crippen LogP contribution in [0.15, 0.2) is 47.8 Å². The van der Waals surface area contributed by atoms with Crippen LogP contribution in [-0.4, -0.2) is 35.9 Å². The number of hydrogen-bond acceptors (Lipinski definition) is 7. The van der Waals surface area contributed by atoms with Crippen LogP contribution in [0.3, 0.4) is 0 Å². The summed E-state index contributed by atoms with van der Waals surface area (Å²) in [5, 5.41) is 5.76. The number of pyridine rings is 1. The van der Waals surface area contributed by atoms with E-state index in [1.54, 1.807) is 17.4 Å². The highest BCUT2D eigenvalue weighted by Gasteiger charge is 2.23.